The monoisotopic (exact) mass is 444 g/mol. The first kappa shape index (κ1) is 21.4. The zero-order valence-corrected chi connectivity index (χ0v) is 19.5. The number of benzene rings is 2. The standard InChI is InChI=1S/C27H28N2O4/c1-26(2,3)19-8-10-20(11-9-19)27(4)24(31)29(25(32)28-27)15-18-14-23(30)33-22-13-17-7-5-6-16(17)12-21(18)22/h8-14H,5-7,15H2,1-4H3,(H,28,32). The highest BCUT2D eigenvalue weighted by molar-refractivity contribution is 6.07. The van der Waals surface area contributed by atoms with Crippen molar-refractivity contribution < 1.29 is 14.0 Å². The van der Waals surface area contributed by atoms with Crippen molar-refractivity contribution in [1.29, 1.82) is 0 Å². The number of hydrogen-bond acceptors (Lipinski definition) is 4. The van der Waals surface area contributed by atoms with Gasteiger partial charge in [0.25, 0.3) is 5.91 Å². The lowest BCUT2D eigenvalue weighted by Crippen LogP contribution is -2.40. The average molecular weight is 445 g/mol. The lowest BCUT2D eigenvalue weighted by molar-refractivity contribution is -0.131. The van der Waals surface area contributed by atoms with Crippen molar-refractivity contribution in [1.82, 2.24) is 10.2 Å². The molecule has 6 heteroatoms. The molecule has 5 rings (SSSR count). The van der Waals surface area contributed by atoms with Crippen LogP contribution >= 0.6 is 0 Å². The highest BCUT2D eigenvalue weighted by Gasteiger charge is 2.49. The minimum Gasteiger partial charge on any atom is -0.423 e. The summed E-state index contributed by atoms with van der Waals surface area (Å²) >= 11 is 0. The molecule has 1 fully saturated rings. The van der Waals surface area contributed by atoms with E-state index >= 15 is 0 Å². The third kappa shape index (κ3) is 3.54. The second-order valence-corrected chi connectivity index (χ2v) is 10.3. The number of carbonyl (C=O) groups excluding carboxylic acids is 2. The summed E-state index contributed by atoms with van der Waals surface area (Å²) in [5, 5.41) is 3.64. The minimum absolute atomic E-state index is 0.00988. The summed E-state index contributed by atoms with van der Waals surface area (Å²) in [6.07, 6.45) is 3.03. The zero-order valence-electron chi connectivity index (χ0n) is 19.5. The van der Waals surface area contributed by atoms with Gasteiger partial charge in [0, 0.05) is 11.5 Å². The Morgan fingerprint density at radius 3 is 2.33 bits per heavy atom. The summed E-state index contributed by atoms with van der Waals surface area (Å²) in [5.74, 6) is -0.335. The molecule has 0 bridgehead atoms. The van der Waals surface area contributed by atoms with Gasteiger partial charge in [0.2, 0.25) is 0 Å². The number of nitrogens with one attached hydrogen (secondary N) is 1. The van der Waals surface area contributed by atoms with E-state index in [1.807, 2.05) is 36.4 Å². The molecule has 1 unspecified atom stereocenters. The topological polar surface area (TPSA) is 79.6 Å². The van der Waals surface area contributed by atoms with Gasteiger partial charge in [-0.15, -0.1) is 0 Å². The quantitative estimate of drug-likeness (QED) is 0.475. The molecule has 2 aliphatic rings. The average Bonchev–Trinajstić information content (AvgIpc) is 3.29. The van der Waals surface area contributed by atoms with Gasteiger partial charge in [-0.25, -0.2) is 9.59 Å². The number of hydrogen-bond donors (Lipinski definition) is 1. The minimum atomic E-state index is -1.16. The van der Waals surface area contributed by atoms with Crippen LogP contribution in [0.3, 0.4) is 0 Å². The molecule has 1 aliphatic carbocycles. The zero-order chi connectivity index (χ0) is 23.5. The molecule has 1 aromatic heterocycles. The maximum atomic E-state index is 13.5. The second kappa shape index (κ2) is 7.30. The Bertz CT molecular complexity index is 1350. The Morgan fingerprint density at radius 1 is 1.00 bits per heavy atom. The van der Waals surface area contributed by atoms with E-state index in [1.165, 1.54) is 22.1 Å². The highest BCUT2D eigenvalue weighted by atomic mass is 16.4. The summed E-state index contributed by atoms with van der Waals surface area (Å²) in [5.41, 5.74) is 3.78. The van der Waals surface area contributed by atoms with Crippen molar-refractivity contribution in [3.8, 4) is 0 Å². The second-order valence-electron chi connectivity index (χ2n) is 10.3. The summed E-state index contributed by atoms with van der Waals surface area (Å²) in [6, 6.07) is 12.7. The van der Waals surface area contributed by atoms with Crippen LogP contribution in [0.15, 0.2) is 51.7 Å². The highest BCUT2D eigenvalue weighted by Crippen LogP contribution is 2.33. The Kier molecular flexibility index (Phi) is 4.74. The molecule has 33 heavy (non-hydrogen) atoms. The van der Waals surface area contributed by atoms with Crippen LogP contribution in [0.25, 0.3) is 11.0 Å². The number of fused-ring (bicyclic) bond motifs is 2. The van der Waals surface area contributed by atoms with Gasteiger partial charge in [-0.3, -0.25) is 9.69 Å². The number of rotatable bonds is 3. The van der Waals surface area contributed by atoms with Crippen LogP contribution in [0.5, 0.6) is 0 Å². The van der Waals surface area contributed by atoms with Gasteiger partial charge in [-0.05, 0) is 71.6 Å². The molecule has 170 valence electrons. The fraction of sp³-hybridized carbons (Fsp3) is 0.370. The number of aryl methyl sites for hydroxylation is 2. The number of urea groups is 1. The number of imide groups is 1. The van der Waals surface area contributed by atoms with Crippen molar-refractivity contribution >= 4 is 22.9 Å². The third-order valence-corrected chi connectivity index (χ3v) is 6.97. The van der Waals surface area contributed by atoms with Crippen molar-refractivity contribution in [2.24, 2.45) is 0 Å². The normalized spacial score (nSPS) is 20.4. The Hall–Kier alpha value is -3.41. The molecule has 1 saturated heterocycles. The van der Waals surface area contributed by atoms with Crippen molar-refractivity contribution in [3.05, 3.63) is 80.7 Å². The largest absolute Gasteiger partial charge is 0.423 e. The summed E-state index contributed by atoms with van der Waals surface area (Å²) < 4.78 is 5.44. The van der Waals surface area contributed by atoms with Gasteiger partial charge in [0.05, 0.1) is 6.54 Å². The third-order valence-electron chi connectivity index (χ3n) is 6.97. The molecule has 2 heterocycles. The van der Waals surface area contributed by atoms with Crippen LogP contribution in [0.1, 0.15) is 61.9 Å². The Balaban J connectivity index is 1.49. The molecule has 1 atom stereocenters. The van der Waals surface area contributed by atoms with Crippen LogP contribution in [0.4, 0.5) is 4.79 Å². The molecule has 3 amide bonds. The number of carbonyl (C=O) groups is 2. The first-order valence-corrected chi connectivity index (χ1v) is 11.4. The number of nitrogens with zero attached hydrogens (tertiary/aromatic N) is 1. The summed E-state index contributed by atoms with van der Waals surface area (Å²) in [7, 11) is 0. The van der Waals surface area contributed by atoms with E-state index in [4.69, 9.17) is 4.42 Å². The van der Waals surface area contributed by atoms with Crippen molar-refractivity contribution in [2.45, 2.75) is 64.5 Å². The molecule has 0 radical (unpaired) electrons. The van der Waals surface area contributed by atoms with E-state index in [-0.39, 0.29) is 17.9 Å². The Labute approximate surface area is 192 Å². The predicted octanol–water partition coefficient (Wildman–Crippen LogP) is 4.55. The van der Waals surface area contributed by atoms with Gasteiger partial charge in [-0.1, -0.05) is 45.0 Å². The predicted molar refractivity (Wildman–Crippen MR) is 126 cm³/mol. The van der Waals surface area contributed by atoms with Crippen LogP contribution in [0, 0.1) is 0 Å². The van der Waals surface area contributed by atoms with E-state index in [9.17, 15) is 14.4 Å². The molecular formula is C27H28N2O4. The summed E-state index contributed by atoms with van der Waals surface area (Å²) in [6.45, 7) is 8.13. The van der Waals surface area contributed by atoms with E-state index in [2.05, 4.69) is 26.1 Å². The van der Waals surface area contributed by atoms with Crippen LogP contribution in [-0.4, -0.2) is 16.8 Å². The van der Waals surface area contributed by atoms with Crippen molar-refractivity contribution in [3.63, 3.8) is 0 Å². The van der Waals surface area contributed by atoms with Gasteiger partial charge in [-0.2, -0.15) is 0 Å². The Morgan fingerprint density at radius 2 is 1.67 bits per heavy atom. The first-order chi connectivity index (χ1) is 15.6. The van der Waals surface area contributed by atoms with Gasteiger partial charge < -0.3 is 9.73 Å². The lowest BCUT2D eigenvalue weighted by Gasteiger charge is -2.24. The maximum Gasteiger partial charge on any atom is 0.336 e. The van der Waals surface area contributed by atoms with Crippen LogP contribution in [-0.2, 0) is 35.1 Å². The summed E-state index contributed by atoms with van der Waals surface area (Å²) in [4.78, 5) is 39.8. The smallest absolute Gasteiger partial charge is 0.336 e. The number of amides is 3. The molecule has 1 N–H and O–H groups in total. The van der Waals surface area contributed by atoms with Crippen molar-refractivity contribution in [2.75, 3.05) is 0 Å². The van der Waals surface area contributed by atoms with Gasteiger partial charge in [0.1, 0.15) is 11.1 Å². The molecular weight excluding hydrogens is 416 g/mol. The van der Waals surface area contributed by atoms with Gasteiger partial charge >= 0.3 is 11.7 Å². The molecule has 3 aromatic rings. The SMILES string of the molecule is CC(C)(C)c1ccc(C2(C)NC(=O)N(Cc3cc(=O)oc4cc5c(cc34)CCC5)C2=O)cc1. The van der Waals surface area contributed by atoms with E-state index < -0.39 is 17.2 Å². The van der Waals surface area contributed by atoms with E-state index in [0.29, 0.717) is 11.1 Å². The maximum absolute atomic E-state index is 13.5. The molecule has 0 saturated carbocycles. The first-order valence-electron chi connectivity index (χ1n) is 11.4. The lowest BCUT2D eigenvalue weighted by atomic mass is 9.84. The van der Waals surface area contributed by atoms with Crippen LogP contribution in [0.2, 0.25) is 0 Å². The fourth-order valence-corrected chi connectivity index (χ4v) is 4.94. The molecule has 6 nitrogen and oxygen atoms in total. The van der Waals surface area contributed by atoms with E-state index in [0.717, 1.165) is 35.8 Å². The fourth-order valence-electron chi connectivity index (χ4n) is 4.94. The molecule has 2 aromatic carbocycles. The van der Waals surface area contributed by atoms with Crippen LogP contribution < -0.4 is 10.9 Å². The van der Waals surface area contributed by atoms with Gasteiger partial charge in [0.15, 0.2) is 0 Å². The van der Waals surface area contributed by atoms with E-state index in [1.54, 1.807) is 6.92 Å². The molecule has 1 aliphatic heterocycles. The molecule has 0 spiro atoms.